The number of furan rings is 1. The summed E-state index contributed by atoms with van der Waals surface area (Å²) in [5.41, 5.74) is 15.0. The van der Waals surface area contributed by atoms with E-state index in [2.05, 4.69) is 170 Å². The van der Waals surface area contributed by atoms with Gasteiger partial charge < -0.3 is 4.42 Å². The van der Waals surface area contributed by atoms with Crippen LogP contribution in [-0.4, -0.2) is 19.5 Å². The molecule has 278 valence electrons. The van der Waals surface area contributed by atoms with E-state index in [9.17, 15) is 0 Å². The van der Waals surface area contributed by atoms with Gasteiger partial charge in [-0.2, -0.15) is 9.97 Å². The fraction of sp³-hybridized carbons (Fsp3) is 0.0556. The van der Waals surface area contributed by atoms with Gasteiger partial charge in [0.25, 0.3) is 0 Å². The zero-order chi connectivity index (χ0) is 39.2. The highest BCUT2D eigenvalue weighted by molar-refractivity contribution is 6.13. The van der Waals surface area contributed by atoms with Gasteiger partial charge in [-0.15, -0.1) is 0 Å². The van der Waals surface area contributed by atoms with Crippen molar-refractivity contribution >= 4 is 43.7 Å². The van der Waals surface area contributed by atoms with E-state index in [1.54, 1.807) is 0 Å². The molecular weight excluding hydrogens is 721 g/mol. The van der Waals surface area contributed by atoms with E-state index in [0.29, 0.717) is 17.6 Å². The zero-order valence-electron chi connectivity index (χ0n) is 32.5. The third-order valence-electron chi connectivity index (χ3n) is 12.3. The van der Waals surface area contributed by atoms with Gasteiger partial charge in [-0.1, -0.05) is 166 Å². The molecule has 0 aliphatic heterocycles. The number of aromatic nitrogens is 4. The highest BCUT2D eigenvalue weighted by atomic mass is 16.3. The minimum absolute atomic E-state index is 0.262. The summed E-state index contributed by atoms with van der Waals surface area (Å²) in [7, 11) is 0. The maximum absolute atomic E-state index is 6.25. The average Bonchev–Trinajstić information content (AvgIpc) is 3.91. The molecule has 5 heteroatoms. The lowest BCUT2D eigenvalue weighted by Gasteiger charge is -2.23. The Hall–Kier alpha value is -7.63. The molecule has 0 radical (unpaired) electrons. The maximum atomic E-state index is 6.25. The van der Waals surface area contributed by atoms with Gasteiger partial charge in [0.1, 0.15) is 11.2 Å². The van der Waals surface area contributed by atoms with Crippen LogP contribution >= 0.6 is 0 Å². The molecule has 8 aromatic carbocycles. The number of hydrogen-bond acceptors (Lipinski definition) is 4. The van der Waals surface area contributed by atoms with Crippen LogP contribution in [0, 0.1) is 0 Å². The molecule has 3 heterocycles. The zero-order valence-corrected chi connectivity index (χ0v) is 32.5. The van der Waals surface area contributed by atoms with Gasteiger partial charge in [-0.25, -0.2) is 4.98 Å². The second-order valence-electron chi connectivity index (χ2n) is 16.0. The summed E-state index contributed by atoms with van der Waals surface area (Å²) in [5.74, 6) is 1.76. The van der Waals surface area contributed by atoms with Crippen LogP contribution in [0.4, 0.5) is 0 Å². The van der Waals surface area contributed by atoms with Crippen molar-refractivity contribution in [2.24, 2.45) is 0 Å². The van der Waals surface area contributed by atoms with Crippen molar-refractivity contribution in [1.82, 2.24) is 19.5 Å². The highest BCUT2D eigenvalue weighted by Gasteiger charge is 2.38. The molecule has 11 aromatic rings. The van der Waals surface area contributed by atoms with Gasteiger partial charge in [0, 0.05) is 38.1 Å². The number of hydrogen-bond donors (Lipinski definition) is 0. The Morgan fingerprint density at radius 2 is 1.05 bits per heavy atom. The minimum Gasteiger partial charge on any atom is -0.456 e. The van der Waals surface area contributed by atoms with E-state index in [0.717, 1.165) is 60.6 Å². The maximum Gasteiger partial charge on any atom is 0.238 e. The van der Waals surface area contributed by atoms with E-state index < -0.39 is 0 Å². The second kappa shape index (κ2) is 12.7. The summed E-state index contributed by atoms with van der Waals surface area (Å²) < 4.78 is 8.53. The number of benzene rings is 8. The summed E-state index contributed by atoms with van der Waals surface area (Å²) >= 11 is 0. The predicted octanol–water partition coefficient (Wildman–Crippen LogP) is 13.8. The van der Waals surface area contributed by atoms with Gasteiger partial charge in [0.05, 0.1) is 11.0 Å². The van der Waals surface area contributed by atoms with Crippen molar-refractivity contribution in [3.8, 4) is 62.1 Å². The Morgan fingerprint density at radius 1 is 0.424 bits per heavy atom. The number of para-hydroxylation sites is 2. The Morgan fingerprint density at radius 3 is 1.90 bits per heavy atom. The first kappa shape index (κ1) is 33.5. The van der Waals surface area contributed by atoms with Crippen LogP contribution in [0.5, 0.6) is 0 Å². The molecule has 3 aromatic heterocycles. The molecule has 0 bridgehead atoms. The first-order valence-corrected chi connectivity index (χ1v) is 20.1. The summed E-state index contributed by atoms with van der Waals surface area (Å²) in [5, 5.41) is 4.41. The molecule has 0 N–H and O–H groups in total. The Balaban J connectivity index is 1.13. The minimum atomic E-state index is -0.262. The molecule has 1 aliphatic rings. The molecule has 0 amide bonds. The molecule has 0 atom stereocenters. The van der Waals surface area contributed by atoms with Crippen LogP contribution in [-0.2, 0) is 5.41 Å². The SMILES string of the molecule is CC1(C)c2ccccc2-c2ccc3c4ccccc4n(-c4nc(-c5ccc6oc7ccccc7c6c5)nc(-c5ccccc5-c5ccc(-c6ccccc6)cc5)n4)c3c21. The van der Waals surface area contributed by atoms with Crippen molar-refractivity contribution in [2.75, 3.05) is 0 Å². The largest absolute Gasteiger partial charge is 0.456 e. The third-order valence-corrected chi connectivity index (χ3v) is 12.3. The molecule has 0 saturated heterocycles. The van der Waals surface area contributed by atoms with Gasteiger partial charge in [0.15, 0.2) is 11.6 Å². The van der Waals surface area contributed by atoms with E-state index >= 15 is 0 Å². The predicted molar refractivity (Wildman–Crippen MR) is 241 cm³/mol. The van der Waals surface area contributed by atoms with Gasteiger partial charge in [-0.3, -0.25) is 4.57 Å². The Labute approximate surface area is 340 Å². The summed E-state index contributed by atoms with van der Waals surface area (Å²) in [6.45, 7) is 4.68. The summed E-state index contributed by atoms with van der Waals surface area (Å²) in [4.78, 5) is 16.2. The molecule has 0 unspecified atom stereocenters. The Kier molecular flexibility index (Phi) is 7.20. The topological polar surface area (TPSA) is 56.7 Å². The van der Waals surface area contributed by atoms with Crippen LogP contribution in [0.3, 0.4) is 0 Å². The van der Waals surface area contributed by atoms with Crippen molar-refractivity contribution in [1.29, 1.82) is 0 Å². The molecule has 5 nitrogen and oxygen atoms in total. The normalized spacial score (nSPS) is 13.1. The van der Waals surface area contributed by atoms with Crippen LogP contribution in [0.1, 0.15) is 25.0 Å². The molecule has 59 heavy (non-hydrogen) atoms. The molecule has 1 aliphatic carbocycles. The van der Waals surface area contributed by atoms with E-state index in [1.807, 2.05) is 30.3 Å². The van der Waals surface area contributed by atoms with Crippen molar-refractivity contribution in [3.05, 3.63) is 193 Å². The lowest BCUT2D eigenvalue weighted by atomic mass is 9.81. The lowest BCUT2D eigenvalue weighted by Crippen LogP contribution is -2.17. The van der Waals surface area contributed by atoms with E-state index in [-0.39, 0.29) is 5.41 Å². The molecule has 12 rings (SSSR count). The van der Waals surface area contributed by atoms with Crippen LogP contribution in [0.2, 0.25) is 0 Å². The monoisotopic (exact) mass is 756 g/mol. The van der Waals surface area contributed by atoms with Crippen LogP contribution < -0.4 is 0 Å². The van der Waals surface area contributed by atoms with E-state index in [1.165, 1.54) is 38.8 Å². The van der Waals surface area contributed by atoms with Gasteiger partial charge >= 0.3 is 0 Å². The number of nitrogens with zero attached hydrogens (tertiary/aromatic N) is 4. The quantitative estimate of drug-likeness (QED) is 0.175. The van der Waals surface area contributed by atoms with Crippen LogP contribution in [0.25, 0.3) is 106 Å². The van der Waals surface area contributed by atoms with Crippen molar-refractivity contribution in [2.45, 2.75) is 19.3 Å². The van der Waals surface area contributed by atoms with Crippen molar-refractivity contribution in [3.63, 3.8) is 0 Å². The van der Waals surface area contributed by atoms with Crippen LogP contribution in [0.15, 0.2) is 186 Å². The average molecular weight is 757 g/mol. The number of rotatable bonds is 5. The Bertz CT molecular complexity index is 3470. The first-order chi connectivity index (χ1) is 29.0. The van der Waals surface area contributed by atoms with E-state index in [4.69, 9.17) is 19.4 Å². The summed E-state index contributed by atoms with van der Waals surface area (Å²) in [6.07, 6.45) is 0. The molecule has 0 spiro atoms. The summed E-state index contributed by atoms with van der Waals surface area (Å²) in [6, 6.07) is 64.1. The van der Waals surface area contributed by atoms with Gasteiger partial charge in [-0.05, 0) is 74.8 Å². The second-order valence-corrected chi connectivity index (χ2v) is 16.0. The first-order valence-electron chi connectivity index (χ1n) is 20.1. The fourth-order valence-corrected chi connectivity index (χ4v) is 9.50. The smallest absolute Gasteiger partial charge is 0.238 e. The molecule has 0 saturated carbocycles. The fourth-order valence-electron chi connectivity index (χ4n) is 9.50. The standard InChI is InChI=1S/C54H36N4O/c1-54(2)45-21-11-8-17-38(45)41-29-30-42-39-18-9-12-22-46(39)58(50(42)49(41)54)53-56-51(36-28-31-48-44(32-36)40-19-10-13-23-47(40)59-48)55-52(57-53)43-20-7-6-16-37(43)35-26-24-34(25-27-35)33-14-4-3-5-15-33/h3-32H,1-2H3. The highest BCUT2D eigenvalue weighted by Crippen LogP contribution is 2.53. The molecule has 0 fully saturated rings. The number of fused-ring (bicyclic) bond motifs is 10. The lowest BCUT2D eigenvalue weighted by molar-refractivity contribution is 0.663. The van der Waals surface area contributed by atoms with Crippen molar-refractivity contribution < 1.29 is 4.42 Å². The third kappa shape index (κ3) is 5.08. The molecular formula is C54H36N4O. The van der Waals surface area contributed by atoms with Gasteiger partial charge in [0.2, 0.25) is 5.95 Å².